The monoisotopic (exact) mass is 326 g/mol. The van der Waals surface area contributed by atoms with Crippen LogP contribution in [0.2, 0.25) is 10.0 Å². The number of rotatable bonds is 2. The minimum atomic E-state index is 0.159. The molecule has 0 amide bonds. The summed E-state index contributed by atoms with van der Waals surface area (Å²) in [5.41, 5.74) is 1.66. The third-order valence-electron chi connectivity index (χ3n) is 5.06. The molecular formula is C17H24Cl2N2. The van der Waals surface area contributed by atoms with E-state index in [2.05, 4.69) is 30.1 Å². The van der Waals surface area contributed by atoms with Crippen LogP contribution in [0.25, 0.3) is 0 Å². The molecule has 21 heavy (non-hydrogen) atoms. The number of benzene rings is 1. The summed E-state index contributed by atoms with van der Waals surface area (Å²) >= 11 is 12.4. The molecule has 3 rings (SSSR count). The molecule has 0 radical (unpaired) electrons. The lowest BCUT2D eigenvalue weighted by molar-refractivity contribution is 0.0122. The zero-order valence-electron chi connectivity index (χ0n) is 12.9. The van der Waals surface area contributed by atoms with E-state index in [4.69, 9.17) is 23.2 Å². The van der Waals surface area contributed by atoms with Crippen LogP contribution in [-0.2, 0) is 6.54 Å². The van der Waals surface area contributed by atoms with Crippen molar-refractivity contribution in [3.05, 3.63) is 33.8 Å². The minimum absolute atomic E-state index is 0.159. The van der Waals surface area contributed by atoms with Gasteiger partial charge in [-0.25, -0.2) is 0 Å². The summed E-state index contributed by atoms with van der Waals surface area (Å²) in [5, 5.41) is 5.23. The van der Waals surface area contributed by atoms with Crippen LogP contribution in [-0.4, -0.2) is 29.1 Å². The van der Waals surface area contributed by atoms with Crippen molar-refractivity contribution in [3.63, 3.8) is 0 Å². The second-order valence-corrected chi connectivity index (χ2v) is 8.10. The van der Waals surface area contributed by atoms with Crippen LogP contribution < -0.4 is 5.32 Å². The summed E-state index contributed by atoms with van der Waals surface area (Å²) in [6.45, 7) is 7.63. The van der Waals surface area contributed by atoms with Gasteiger partial charge >= 0.3 is 0 Å². The van der Waals surface area contributed by atoms with E-state index in [1.807, 2.05) is 12.1 Å². The third-order valence-corrected chi connectivity index (χ3v) is 5.65. The Hall–Kier alpha value is -0.280. The molecule has 2 fully saturated rings. The standard InChI is InChI=1S/C17H24Cl2N2/c1-16(2)12-21(17(11-20-16)7-3-4-8-17)10-13-5-6-14(18)9-15(13)19/h5-6,9,20H,3-4,7-8,10-12H2,1-2H3. The van der Waals surface area contributed by atoms with Crippen LogP contribution in [0.15, 0.2) is 18.2 Å². The van der Waals surface area contributed by atoms with Crippen molar-refractivity contribution in [2.45, 2.75) is 57.2 Å². The maximum Gasteiger partial charge on any atom is 0.0465 e. The average molecular weight is 327 g/mol. The molecule has 1 spiro atoms. The SMILES string of the molecule is CC1(C)CN(Cc2ccc(Cl)cc2Cl)C2(CCCC2)CN1. The first kappa shape index (κ1) is 15.6. The Balaban J connectivity index is 1.85. The Morgan fingerprint density at radius 2 is 1.90 bits per heavy atom. The van der Waals surface area contributed by atoms with Gasteiger partial charge in [0.15, 0.2) is 0 Å². The highest BCUT2D eigenvalue weighted by Gasteiger charge is 2.45. The molecule has 116 valence electrons. The van der Waals surface area contributed by atoms with Gasteiger partial charge in [-0.15, -0.1) is 0 Å². The lowest BCUT2D eigenvalue weighted by Crippen LogP contribution is -2.66. The maximum absolute atomic E-state index is 6.39. The molecule has 1 aliphatic carbocycles. The van der Waals surface area contributed by atoms with E-state index in [0.29, 0.717) is 10.6 Å². The second-order valence-electron chi connectivity index (χ2n) is 7.26. The normalized spacial score (nSPS) is 24.6. The fourth-order valence-electron chi connectivity index (χ4n) is 3.82. The predicted molar refractivity (Wildman–Crippen MR) is 90.2 cm³/mol. The second kappa shape index (κ2) is 5.73. The van der Waals surface area contributed by atoms with Gasteiger partial charge in [-0.3, -0.25) is 4.90 Å². The first-order valence-electron chi connectivity index (χ1n) is 7.84. The lowest BCUT2D eigenvalue weighted by atomic mass is 9.86. The van der Waals surface area contributed by atoms with E-state index in [-0.39, 0.29) is 5.54 Å². The number of halogens is 2. The molecule has 2 aliphatic rings. The van der Waals surface area contributed by atoms with Gasteiger partial charge in [-0.05, 0) is 44.4 Å². The van der Waals surface area contributed by atoms with Crippen LogP contribution in [0.3, 0.4) is 0 Å². The number of piperazine rings is 1. The number of nitrogens with zero attached hydrogens (tertiary/aromatic N) is 1. The van der Waals surface area contributed by atoms with Crippen molar-refractivity contribution < 1.29 is 0 Å². The summed E-state index contributed by atoms with van der Waals surface area (Å²) in [5.74, 6) is 0. The molecule has 1 aromatic rings. The molecule has 0 aromatic heterocycles. The summed E-state index contributed by atoms with van der Waals surface area (Å²) in [6, 6.07) is 5.87. The van der Waals surface area contributed by atoms with Gasteiger partial charge in [0.25, 0.3) is 0 Å². The molecule has 0 bridgehead atoms. The molecule has 1 heterocycles. The highest BCUT2D eigenvalue weighted by atomic mass is 35.5. The van der Waals surface area contributed by atoms with Crippen LogP contribution >= 0.6 is 23.2 Å². The number of nitrogens with one attached hydrogen (secondary N) is 1. The Morgan fingerprint density at radius 3 is 2.57 bits per heavy atom. The highest BCUT2D eigenvalue weighted by Crippen LogP contribution is 2.39. The summed E-state index contributed by atoms with van der Waals surface area (Å²) < 4.78 is 0. The Kier molecular flexibility index (Phi) is 4.26. The fraction of sp³-hybridized carbons (Fsp3) is 0.647. The Morgan fingerprint density at radius 1 is 1.19 bits per heavy atom. The first-order valence-corrected chi connectivity index (χ1v) is 8.60. The van der Waals surface area contributed by atoms with E-state index >= 15 is 0 Å². The van der Waals surface area contributed by atoms with Crippen molar-refractivity contribution >= 4 is 23.2 Å². The molecule has 0 atom stereocenters. The van der Waals surface area contributed by atoms with Gasteiger partial charge in [0, 0.05) is 40.8 Å². The van der Waals surface area contributed by atoms with E-state index in [1.165, 1.54) is 31.2 Å². The van der Waals surface area contributed by atoms with E-state index in [0.717, 1.165) is 24.7 Å². The number of hydrogen-bond acceptors (Lipinski definition) is 2. The van der Waals surface area contributed by atoms with Gasteiger partial charge in [-0.1, -0.05) is 42.1 Å². The van der Waals surface area contributed by atoms with Crippen LogP contribution in [0, 0.1) is 0 Å². The molecule has 1 aromatic carbocycles. The van der Waals surface area contributed by atoms with Crippen LogP contribution in [0.4, 0.5) is 0 Å². The highest BCUT2D eigenvalue weighted by molar-refractivity contribution is 6.35. The maximum atomic E-state index is 6.39. The summed E-state index contributed by atoms with van der Waals surface area (Å²) in [4.78, 5) is 2.66. The molecule has 0 unspecified atom stereocenters. The molecule has 1 aliphatic heterocycles. The van der Waals surface area contributed by atoms with E-state index in [9.17, 15) is 0 Å². The summed E-state index contributed by atoms with van der Waals surface area (Å²) in [7, 11) is 0. The molecular weight excluding hydrogens is 303 g/mol. The van der Waals surface area contributed by atoms with E-state index < -0.39 is 0 Å². The fourth-order valence-corrected chi connectivity index (χ4v) is 4.29. The van der Waals surface area contributed by atoms with Gasteiger partial charge in [-0.2, -0.15) is 0 Å². The van der Waals surface area contributed by atoms with Crippen molar-refractivity contribution in [1.82, 2.24) is 10.2 Å². The van der Waals surface area contributed by atoms with Gasteiger partial charge in [0.2, 0.25) is 0 Å². The first-order chi connectivity index (χ1) is 9.90. The van der Waals surface area contributed by atoms with Gasteiger partial charge in [0.1, 0.15) is 0 Å². The minimum Gasteiger partial charge on any atom is -0.309 e. The van der Waals surface area contributed by atoms with Crippen LogP contribution in [0.5, 0.6) is 0 Å². The van der Waals surface area contributed by atoms with Crippen molar-refractivity contribution in [3.8, 4) is 0 Å². The van der Waals surface area contributed by atoms with Gasteiger partial charge < -0.3 is 5.32 Å². The third kappa shape index (κ3) is 3.24. The quantitative estimate of drug-likeness (QED) is 0.861. The zero-order valence-corrected chi connectivity index (χ0v) is 14.4. The molecule has 4 heteroatoms. The predicted octanol–water partition coefficient (Wildman–Crippen LogP) is 4.49. The Bertz CT molecular complexity index is 522. The van der Waals surface area contributed by atoms with Crippen molar-refractivity contribution in [2.24, 2.45) is 0 Å². The largest absolute Gasteiger partial charge is 0.309 e. The van der Waals surface area contributed by atoms with Crippen molar-refractivity contribution in [2.75, 3.05) is 13.1 Å². The average Bonchev–Trinajstić information content (AvgIpc) is 2.87. The molecule has 1 saturated heterocycles. The lowest BCUT2D eigenvalue weighted by Gasteiger charge is -2.51. The number of hydrogen-bond donors (Lipinski definition) is 1. The molecule has 1 N–H and O–H groups in total. The zero-order chi connectivity index (χ0) is 15.1. The van der Waals surface area contributed by atoms with Crippen LogP contribution in [0.1, 0.15) is 45.1 Å². The van der Waals surface area contributed by atoms with Crippen molar-refractivity contribution in [1.29, 1.82) is 0 Å². The van der Waals surface area contributed by atoms with E-state index in [1.54, 1.807) is 0 Å². The molecule has 1 saturated carbocycles. The van der Waals surface area contributed by atoms with Gasteiger partial charge in [0.05, 0.1) is 0 Å². The Labute approximate surface area is 137 Å². The molecule has 2 nitrogen and oxygen atoms in total. The smallest absolute Gasteiger partial charge is 0.0465 e. The summed E-state index contributed by atoms with van der Waals surface area (Å²) in [6.07, 6.45) is 5.27. The topological polar surface area (TPSA) is 15.3 Å².